The minimum absolute atomic E-state index is 0.567. The van der Waals surface area contributed by atoms with Crippen molar-refractivity contribution >= 4 is 0 Å². The molecule has 0 bridgehead atoms. The fraction of sp³-hybridized carbons (Fsp3) is 0.429. The first-order valence-corrected chi connectivity index (χ1v) is 5.41. The maximum atomic E-state index is 5.58. The zero-order chi connectivity index (χ0) is 11.4. The predicted molar refractivity (Wildman–Crippen MR) is 65.7 cm³/mol. The van der Waals surface area contributed by atoms with Gasteiger partial charge in [-0.2, -0.15) is 0 Å². The Morgan fingerprint density at radius 2 is 1.93 bits per heavy atom. The highest BCUT2D eigenvalue weighted by molar-refractivity contribution is 5.44. The first kappa shape index (κ1) is 11.8. The molecule has 15 heavy (non-hydrogen) atoms. The van der Waals surface area contributed by atoms with Gasteiger partial charge in [0.15, 0.2) is 0 Å². The quantitative estimate of drug-likeness (QED) is 0.674. The van der Waals surface area contributed by atoms with Gasteiger partial charge in [0.1, 0.15) is 12.4 Å². The molecule has 0 radical (unpaired) electrons. The van der Waals surface area contributed by atoms with Crippen LogP contribution in [-0.2, 0) is 0 Å². The molecule has 82 valence electrons. The molecule has 0 amide bonds. The molecule has 0 saturated carbocycles. The average molecular weight is 204 g/mol. The summed E-state index contributed by atoms with van der Waals surface area (Å²) in [5, 5.41) is 0. The van der Waals surface area contributed by atoms with E-state index in [0.29, 0.717) is 12.5 Å². The van der Waals surface area contributed by atoms with E-state index in [1.165, 1.54) is 16.7 Å². The van der Waals surface area contributed by atoms with E-state index in [-0.39, 0.29) is 0 Å². The molecule has 0 spiro atoms. The van der Waals surface area contributed by atoms with E-state index >= 15 is 0 Å². The lowest BCUT2D eigenvalue weighted by Gasteiger charge is -2.15. The summed E-state index contributed by atoms with van der Waals surface area (Å²) in [5.41, 5.74) is 3.98. The minimum Gasteiger partial charge on any atom is -0.489 e. The summed E-state index contributed by atoms with van der Waals surface area (Å²) in [6.45, 7) is 12.9. The number of hydrogen-bond acceptors (Lipinski definition) is 1. The third-order valence-corrected chi connectivity index (χ3v) is 2.76. The van der Waals surface area contributed by atoms with Crippen LogP contribution in [0.3, 0.4) is 0 Å². The van der Waals surface area contributed by atoms with E-state index in [2.05, 4.69) is 46.4 Å². The molecule has 0 aliphatic heterocycles. The van der Waals surface area contributed by atoms with Crippen LogP contribution >= 0.6 is 0 Å². The molecule has 0 atom stereocenters. The SMILES string of the molecule is C=CCOc1ccc(C(C)C)c(C)c1C. The molecular formula is C14H20O. The summed E-state index contributed by atoms with van der Waals surface area (Å²) in [4.78, 5) is 0. The van der Waals surface area contributed by atoms with Gasteiger partial charge in [-0.05, 0) is 42.5 Å². The van der Waals surface area contributed by atoms with Crippen LogP contribution in [0.15, 0.2) is 24.8 Å². The van der Waals surface area contributed by atoms with Crippen molar-refractivity contribution in [3.8, 4) is 5.75 Å². The Kier molecular flexibility index (Phi) is 3.96. The van der Waals surface area contributed by atoms with Crippen molar-refractivity contribution in [2.75, 3.05) is 6.61 Å². The zero-order valence-corrected chi connectivity index (χ0v) is 10.1. The van der Waals surface area contributed by atoms with Crippen molar-refractivity contribution in [2.24, 2.45) is 0 Å². The highest BCUT2D eigenvalue weighted by atomic mass is 16.5. The molecule has 0 aromatic heterocycles. The van der Waals surface area contributed by atoms with Crippen molar-refractivity contribution in [2.45, 2.75) is 33.6 Å². The Labute approximate surface area is 92.8 Å². The van der Waals surface area contributed by atoms with Gasteiger partial charge in [-0.1, -0.05) is 32.6 Å². The Bertz CT molecular complexity index is 351. The summed E-state index contributed by atoms with van der Waals surface area (Å²) >= 11 is 0. The number of rotatable bonds is 4. The third-order valence-electron chi connectivity index (χ3n) is 2.76. The highest BCUT2D eigenvalue weighted by Gasteiger charge is 2.09. The smallest absolute Gasteiger partial charge is 0.122 e. The van der Waals surface area contributed by atoms with Gasteiger partial charge in [0.05, 0.1) is 0 Å². The number of benzene rings is 1. The Morgan fingerprint density at radius 1 is 1.27 bits per heavy atom. The van der Waals surface area contributed by atoms with Gasteiger partial charge in [-0.15, -0.1) is 0 Å². The molecule has 0 aliphatic rings. The second kappa shape index (κ2) is 5.01. The van der Waals surface area contributed by atoms with Gasteiger partial charge >= 0.3 is 0 Å². The summed E-state index contributed by atoms with van der Waals surface area (Å²) in [5.74, 6) is 1.54. The van der Waals surface area contributed by atoms with Gasteiger partial charge in [-0.25, -0.2) is 0 Å². The Hall–Kier alpha value is -1.24. The molecule has 0 unspecified atom stereocenters. The topological polar surface area (TPSA) is 9.23 Å². The monoisotopic (exact) mass is 204 g/mol. The molecule has 1 aromatic rings. The van der Waals surface area contributed by atoms with Crippen molar-refractivity contribution < 1.29 is 4.74 Å². The molecule has 0 aliphatic carbocycles. The number of ether oxygens (including phenoxy) is 1. The fourth-order valence-corrected chi connectivity index (χ4v) is 1.75. The van der Waals surface area contributed by atoms with E-state index in [9.17, 15) is 0 Å². The maximum absolute atomic E-state index is 5.58. The van der Waals surface area contributed by atoms with Crippen molar-refractivity contribution in [3.05, 3.63) is 41.5 Å². The van der Waals surface area contributed by atoms with Crippen molar-refractivity contribution in [3.63, 3.8) is 0 Å². The lowest BCUT2D eigenvalue weighted by Crippen LogP contribution is -2.00. The third kappa shape index (κ3) is 2.62. The van der Waals surface area contributed by atoms with Gasteiger partial charge in [0.2, 0.25) is 0 Å². The summed E-state index contributed by atoms with van der Waals surface area (Å²) in [6, 6.07) is 4.21. The van der Waals surface area contributed by atoms with Gasteiger partial charge in [0.25, 0.3) is 0 Å². The molecule has 1 aromatic carbocycles. The standard InChI is InChI=1S/C14H20O/c1-6-9-15-14-8-7-13(10(2)3)11(4)12(14)5/h6-8,10H,1,9H2,2-5H3. The summed E-state index contributed by atoms with van der Waals surface area (Å²) in [6.07, 6.45) is 1.77. The Morgan fingerprint density at radius 3 is 2.47 bits per heavy atom. The van der Waals surface area contributed by atoms with Crippen LogP contribution in [0.25, 0.3) is 0 Å². The van der Waals surface area contributed by atoms with E-state index in [4.69, 9.17) is 4.74 Å². The summed E-state index contributed by atoms with van der Waals surface area (Å²) in [7, 11) is 0. The van der Waals surface area contributed by atoms with Gasteiger partial charge < -0.3 is 4.74 Å². The summed E-state index contributed by atoms with van der Waals surface area (Å²) < 4.78 is 5.58. The fourth-order valence-electron chi connectivity index (χ4n) is 1.75. The molecular weight excluding hydrogens is 184 g/mol. The van der Waals surface area contributed by atoms with Crippen LogP contribution in [0.5, 0.6) is 5.75 Å². The van der Waals surface area contributed by atoms with Gasteiger partial charge in [-0.3, -0.25) is 0 Å². The first-order valence-electron chi connectivity index (χ1n) is 5.41. The molecule has 0 heterocycles. The minimum atomic E-state index is 0.567. The molecule has 0 N–H and O–H groups in total. The lowest BCUT2D eigenvalue weighted by molar-refractivity contribution is 0.360. The van der Waals surface area contributed by atoms with Crippen molar-refractivity contribution in [1.82, 2.24) is 0 Å². The largest absolute Gasteiger partial charge is 0.489 e. The molecule has 0 saturated heterocycles. The maximum Gasteiger partial charge on any atom is 0.122 e. The Balaban J connectivity index is 3.04. The molecule has 1 nitrogen and oxygen atoms in total. The predicted octanol–water partition coefficient (Wildman–Crippen LogP) is 3.99. The second-order valence-electron chi connectivity index (χ2n) is 4.16. The van der Waals surface area contributed by atoms with Crippen LogP contribution in [0.2, 0.25) is 0 Å². The average Bonchev–Trinajstić information content (AvgIpc) is 2.20. The van der Waals surface area contributed by atoms with Crippen LogP contribution in [0.1, 0.15) is 36.5 Å². The number of hydrogen-bond donors (Lipinski definition) is 0. The van der Waals surface area contributed by atoms with Gasteiger partial charge in [0, 0.05) is 0 Å². The van der Waals surface area contributed by atoms with Crippen molar-refractivity contribution in [1.29, 1.82) is 0 Å². The van der Waals surface area contributed by atoms with E-state index in [1.54, 1.807) is 6.08 Å². The molecule has 1 rings (SSSR count). The van der Waals surface area contributed by atoms with Crippen LogP contribution in [0.4, 0.5) is 0 Å². The first-order chi connectivity index (χ1) is 7.07. The van der Waals surface area contributed by atoms with E-state index < -0.39 is 0 Å². The molecule has 0 fully saturated rings. The molecule has 1 heteroatoms. The second-order valence-corrected chi connectivity index (χ2v) is 4.16. The van der Waals surface area contributed by atoms with Crippen LogP contribution in [-0.4, -0.2) is 6.61 Å². The van der Waals surface area contributed by atoms with Crippen LogP contribution < -0.4 is 4.74 Å². The van der Waals surface area contributed by atoms with E-state index in [0.717, 1.165) is 5.75 Å². The highest BCUT2D eigenvalue weighted by Crippen LogP contribution is 2.28. The lowest BCUT2D eigenvalue weighted by atomic mass is 9.94. The van der Waals surface area contributed by atoms with Crippen LogP contribution in [0, 0.1) is 13.8 Å². The zero-order valence-electron chi connectivity index (χ0n) is 10.1. The van der Waals surface area contributed by atoms with E-state index in [1.807, 2.05) is 0 Å². The normalized spacial score (nSPS) is 10.5.